The van der Waals surface area contributed by atoms with Gasteiger partial charge in [0.1, 0.15) is 0 Å². The van der Waals surface area contributed by atoms with E-state index in [-0.39, 0.29) is 5.76 Å². The molecule has 1 heterocycles. The van der Waals surface area contributed by atoms with E-state index < -0.39 is 11.8 Å². The van der Waals surface area contributed by atoms with Gasteiger partial charge in [-0.05, 0) is 46.3 Å². The summed E-state index contributed by atoms with van der Waals surface area (Å²) in [7, 11) is 0. The Morgan fingerprint density at radius 2 is 1.84 bits per heavy atom. The Morgan fingerprint density at radius 3 is 2.47 bits per heavy atom. The van der Waals surface area contributed by atoms with Crippen LogP contribution in [-0.4, -0.2) is 11.8 Å². The number of benzene rings is 1. The van der Waals surface area contributed by atoms with Gasteiger partial charge in [0.2, 0.25) is 0 Å². The van der Waals surface area contributed by atoms with Gasteiger partial charge in [0.25, 0.3) is 5.91 Å². The van der Waals surface area contributed by atoms with Crippen LogP contribution in [0.2, 0.25) is 5.02 Å². The van der Waals surface area contributed by atoms with Crippen LogP contribution in [-0.2, 0) is 0 Å². The Balaban J connectivity index is 1.95. The molecule has 0 aliphatic carbocycles. The quantitative estimate of drug-likeness (QED) is 0.824. The van der Waals surface area contributed by atoms with Crippen molar-refractivity contribution in [1.29, 1.82) is 0 Å². The molecule has 2 amide bonds. The second kappa shape index (κ2) is 5.90. The Morgan fingerprint density at radius 1 is 1.11 bits per heavy atom. The molecule has 0 radical (unpaired) electrons. The average molecular weight is 344 g/mol. The van der Waals surface area contributed by atoms with Gasteiger partial charge in [-0.3, -0.25) is 20.4 Å². The summed E-state index contributed by atoms with van der Waals surface area (Å²) in [6.07, 6.45) is 0. The normalized spacial score (nSPS) is 10.0. The van der Waals surface area contributed by atoms with Crippen molar-refractivity contribution in [2.45, 2.75) is 0 Å². The monoisotopic (exact) mass is 342 g/mol. The van der Waals surface area contributed by atoms with E-state index in [1.165, 1.54) is 12.1 Å². The fraction of sp³-hybridized carbons (Fsp3) is 0. The Bertz CT molecular complexity index is 627. The number of halogens is 2. The van der Waals surface area contributed by atoms with Gasteiger partial charge in [-0.25, -0.2) is 0 Å². The second-order valence-corrected chi connectivity index (χ2v) is 4.74. The summed E-state index contributed by atoms with van der Waals surface area (Å²) in [5, 5.41) is 0.439. The SMILES string of the molecule is O=C(NNC(=O)c1ccc(Br)o1)c1cccc(Cl)c1. The Hall–Kier alpha value is -1.79. The van der Waals surface area contributed by atoms with E-state index in [0.717, 1.165) is 0 Å². The molecular formula is C12H8BrClN2O3. The number of amides is 2. The van der Waals surface area contributed by atoms with Crippen molar-refractivity contribution in [1.82, 2.24) is 10.9 Å². The van der Waals surface area contributed by atoms with E-state index >= 15 is 0 Å². The highest BCUT2D eigenvalue weighted by Gasteiger charge is 2.12. The molecule has 0 saturated heterocycles. The minimum Gasteiger partial charge on any atom is -0.444 e. The first kappa shape index (κ1) is 13.6. The maximum Gasteiger partial charge on any atom is 0.305 e. The summed E-state index contributed by atoms with van der Waals surface area (Å²) in [6, 6.07) is 9.42. The van der Waals surface area contributed by atoms with Gasteiger partial charge in [-0.15, -0.1) is 0 Å². The summed E-state index contributed by atoms with van der Waals surface area (Å²) in [5.74, 6) is -0.944. The minimum absolute atomic E-state index is 0.0817. The molecule has 0 aliphatic rings. The van der Waals surface area contributed by atoms with Crippen molar-refractivity contribution in [2.75, 3.05) is 0 Å². The fourth-order valence-electron chi connectivity index (χ4n) is 1.31. The topological polar surface area (TPSA) is 71.3 Å². The van der Waals surface area contributed by atoms with Crippen LogP contribution in [0.15, 0.2) is 45.5 Å². The van der Waals surface area contributed by atoms with Gasteiger partial charge in [0.15, 0.2) is 10.4 Å². The lowest BCUT2D eigenvalue weighted by atomic mass is 10.2. The number of furan rings is 1. The lowest BCUT2D eigenvalue weighted by Crippen LogP contribution is -2.41. The standard InChI is InChI=1S/C12H8BrClN2O3/c13-10-5-4-9(19-10)12(18)16-15-11(17)7-2-1-3-8(14)6-7/h1-6H,(H,15,17)(H,16,18). The highest BCUT2D eigenvalue weighted by atomic mass is 79.9. The molecule has 1 aromatic carbocycles. The van der Waals surface area contributed by atoms with Crippen LogP contribution < -0.4 is 10.9 Å². The van der Waals surface area contributed by atoms with E-state index in [9.17, 15) is 9.59 Å². The first-order chi connectivity index (χ1) is 9.06. The van der Waals surface area contributed by atoms with Gasteiger partial charge in [-0.2, -0.15) is 0 Å². The van der Waals surface area contributed by atoms with Gasteiger partial charge in [-0.1, -0.05) is 17.7 Å². The third kappa shape index (κ3) is 3.59. The minimum atomic E-state index is -0.555. The molecule has 2 rings (SSSR count). The largest absolute Gasteiger partial charge is 0.444 e. The maximum atomic E-state index is 11.7. The maximum absolute atomic E-state index is 11.7. The number of hydrogen-bond donors (Lipinski definition) is 2. The van der Waals surface area contributed by atoms with Crippen molar-refractivity contribution < 1.29 is 14.0 Å². The number of carbonyl (C=O) groups is 2. The molecule has 0 atom stereocenters. The van der Waals surface area contributed by atoms with Gasteiger partial charge in [0, 0.05) is 10.6 Å². The Labute approximate surface area is 122 Å². The van der Waals surface area contributed by atoms with E-state index in [2.05, 4.69) is 26.8 Å². The van der Waals surface area contributed by atoms with Crippen LogP contribution in [0.1, 0.15) is 20.9 Å². The first-order valence-corrected chi connectivity index (χ1v) is 6.35. The zero-order chi connectivity index (χ0) is 13.8. The summed E-state index contributed by atoms with van der Waals surface area (Å²) in [4.78, 5) is 23.3. The van der Waals surface area contributed by atoms with Crippen LogP contribution in [0.3, 0.4) is 0 Å². The predicted octanol–water partition coefficient (Wildman–Crippen LogP) is 2.77. The van der Waals surface area contributed by atoms with Crippen molar-refractivity contribution in [3.05, 3.63) is 57.4 Å². The summed E-state index contributed by atoms with van der Waals surface area (Å²) in [5.41, 5.74) is 4.84. The second-order valence-electron chi connectivity index (χ2n) is 3.52. The molecule has 2 aromatic rings. The van der Waals surface area contributed by atoms with Crippen LogP contribution in [0.5, 0.6) is 0 Å². The summed E-state index contributed by atoms with van der Waals surface area (Å²) < 4.78 is 5.46. The third-order valence-electron chi connectivity index (χ3n) is 2.17. The van der Waals surface area contributed by atoms with E-state index in [1.54, 1.807) is 24.3 Å². The number of nitrogens with one attached hydrogen (secondary N) is 2. The van der Waals surface area contributed by atoms with Crippen LogP contribution in [0, 0.1) is 0 Å². The molecule has 2 N–H and O–H groups in total. The molecule has 19 heavy (non-hydrogen) atoms. The zero-order valence-electron chi connectivity index (χ0n) is 9.44. The molecule has 0 spiro atoms. The van der Waals surface area contributed by atoms with Gasteiger partial charge in [0.05, 0.1) is 0 Å². The zero-order valence-corrected chi connectivity index (χ0v) is 11.8. The molecule has 0 saturated carbocycles. The average Bonchev–Trinajstić information content (AvgIpc) is 2.82. The van der Waals surface area contributed by atoms with E-state index in [4.69, 9.17) is 16.0 Å². The van der Waals surface area contributed by atoms with Crippen molar-refractivity contribution in [3.8, 4) is 0 Å². The summed E-state index contributed by atoms with van der Waals surface area (Å²) >= 11 is 8.84. The number of hydrogen-bond acceptors (Lipinski definition) is 3. The molecule has 0 bridgehead atoms. The summed E-state index contributed by atoms with van der Waals surface area (Å²) in [6.45, 7) is 0. The molecule has 7 heteroatoms. The van der Waals surface area contributed by atoms with Gasteiger partial charge < -0.3 is 4.42 Å². The van der Waals surface area contributed by atoms with Crippen LogP contribution in [0.4, 0.5) is 0 Å². The lowest BCUT2D eigenvalue weighted by Gasteiger charge is -2.05. The highest BCUT2D eigenvalue weighted by molar-refractivity contribution is 9.10. The third-order valence-corrected chi connectivity index (χ3v) is 2.83. The van der Waals surface area contributed by atoms with Crippen molar-refractivity contribution in [2.24, 2.45) is 0 Å². The van der Waals surface area contributed by atoms with Gasteiger partial charge >= 0.3 is 5.91 Å². The molecule has 0 fully saturated rings. The smallest absolute Gasteiger partial charge is 0.305 e. The van der Waals surface area contributed by atoms with Crippen molar-refractivity contribution in [3.63, 3.8) is 0 Å². The number of hydrazine groups is 1. The fourth-order valence-corrected chi connectivity index (χ4v) is 1.81. The molecule has 0 unspecified atom stereocenters. The lowest BCUT2D eigenvalue weighted by molar-refractivity contribution is 0.0830. The van der Waals surface area contributed by atoms with E-state index in [1.807, 2.05) is 0 Å². The van der Waals surface area contributed by atoms with Crippen molar-refractivity contribution >= 4 is 39.3 Å². The van der Waals surface area contributed by atoms with E-state index in [0.29, 0.717) is 15.3 Å². The molecule has 98 valence electrons. The number of carbonyl (C=O) groups excluding carboxylic acids is 2. The predicted molar refractivity (Wildman–Crippen MR) is 72.8 cm³/mol. The first-order valence-electron chi connectivity index (χ1n) is 5.18. The number of rotatable bonds is 2. The molecule has 1 aromatic heterocycles. The molecular weight excluding hydrogens is 336 g/mol. The van der Waals surface area contributed by atoms with Crippen LogP contribution in [0.25, 0.3) is 0 Å². The van der Waals surface area contributed by atoms with Crippen LogP contribution >= 0.6 is 27.5 Å². The molecule has 5 nitrogen and oxygen atoms in total. The highest BCUT2D eigenvalue weighted by Crippen LogP contribution is 2.13. The molecule has 0 aliphatic heterocycles. The Kier molecular flexibility index (Phi) is 4.24.